The number of carbonyl (C=O) groups is 2. The summed E-state index contributed by atoms with van der Waals surface area (Å²) in [6.45, 7) is 9.99. The van der Waals surface area contributed by atoms with Crippen molar-refractivity contribution in [2.45, 2.75) is 33.3 Å². The van der Waals surface area contributed by atoms with Crippen molar-refractivity contribution >= 4 is 46.8 Å². The lowest BCUT2D eigenvalue weighted by molar-refractivity contribution is -0.128. The molecule has 2 amide bonds. The molecule has 0 radical (unpaired) electrons. The van der Waals surface area contributed by atoms with Gasteiger partial charge in [-0.3, -0.25) is 19.8 Å². The number of hydrogen-bond acceptors (Lipinski definition) is 5. The van der Waals surface area contributed by atoms with Crippen molar-refractivity contribution in [1.29, 1.82) is 0 Å². The molecule has 0 bridgehead atoms. The van der Waals surface area contributed by atoms with Crippen LogP contribution in [0.3, 0.4) is 0 Å². The second-order valence-corrected chi connectivity index (χ2v) is 6.92. The number of halogens is 1. The number of nitrogens with one attached hydrogen (secondary N) is 1. The first kappa shape index (κ1) is 21.9. The molecule has 1 N–H and O–H groups in total. The number of nitrogens with zero attached hydrogens (tertiary/aromatic N) is 1. The van der Waals surface area contributed by atoms with E-state index in [1.54, 1.807) is 12.1 Å². The van der Waals surface area contributed by atoms with Gasteiger partial charge in [-0.25, -0.2) is 0 Å². The molecule has 1 aliphatic heterocycles. The summed E-state index contributed by atoms with van der Waals surface area (Å²) in [4.78, 5) is 26.2. The maximum absolute atomic E-state index is 12.7. The van der Waals surface area contributed by atoms with E-state index in [0.717, 1.165) is 6.42 Å². The fourth-order valence-electron chi connectivity index (χ4n) is 2.49. The number of rotatable bonds is 8. The second-order valence-electron chi connectivity index (χ2n) is 6.12. The van der Waals surface area contributed by atoms with Crippen LogP contribution in [0.2, 0.25) is 5.02 Å². The lowest BCUT2D eigenvalue weighted by atomic mass is 10.1. The van der Waals surface area contributed by atoms with Crippen molar-refractivity contribution < 1.29 is 19.1 Å². The molecule has 0 aromatic heterocycles. The molecule has 28 heavy (non-hydrogen) atoms. The molecule has 1 saturated heterocycles. The van der Waals surface area contributed by atoms with Gasteiger partial charge in [0.25, 0.3) is 11.8 Å². The Morgan fingerprint density at radius 1 is 1.36 bits per heavy atom. The minimum Gasteiger partial charge on any atom is -0.490 e. The van der Waals surface area contributed by atoms with E-state index in [9.17, 15) is 9.59 Å². The predicted octanol–water partition coefficient (Wildman–Crippen LogP) is 3.73. The summed E-state index contributed by atoms with van der Waals surface area (Å²) in [6, 6.07) is 3.31. The Morgan fingerprint density at radius 2 is 2.07 bits per heavy atom. The summed E-state index contributed by atoms with van der Waals surface area (Å²) in [5, 5.41) is 2.89. The Balaban J connectivity index is 2.46. The molecule has 150 valence electrons. The Labute approximate surface area is 175 Å². The molecular formula is C20H23ClN2O4S. The van der Waals surface area contributed by atoms with E-state index in [4.69, 9.17) is 33.3 Å². The SMILES string of the molecule is C=CCN1C(=O)/C(=C/c2cc(Cl)c(O[C@H](C)CC)c(OCC)c2)C(=O)NC1=S. The topological polar surface area (TPSA) is 67.9 Å². The van der Waals surface area contributed by atoms with E-state index in [-0.39, 0.29) is 23.3 Å². The predicted molar refractivity (Wildman–Crippen MR) is 114 cm³/mol. The van der Waals surface area contributed by atoms with E-state index < -0.39 is 11.8 Å². The minimum absolute atomic E-state index is 0.0416. The smallest absolute Gasteiger partial charge is 0.265 e. The maximum atomic E-state index is 12.7. The Bertz CT molecular complexity index is 838. The van der Waals surface area contributed by atoms with Gasteiger partial charge in [0.15, 0.2) is 16.6 Å². The average molecular weight is 423 g/mol. The molecule has 2 rings (SSSR count). The molecule has 6 nitrogen and oxygen atoms in total. The maximum Gasteiger partial charge on any atom is 0.265 e. The van der Waals surface area contributed by atoms with Crippen molar-refractivity contribution in [1.82, 2.24) is 10.2 Å². The van der Waals surface area contributed by atoms with Crippen LogP contribution in [-0.4, -0.2) is 41.1 Å². The molecule has 0 unspecified atom stereocenters. The summed E-state index contributed by atoms with van der Waals surface area (Å²) in [5.74, 6) is -0.176. The molecule has 1 atom stereocenters. The summed E-state index contributed by atoms with van der Waals surface area (Å²) in [7, 11) is 0. The molecule has 0 aliphatic carbocycles. The molecule has 1 aliphatic rings. The number of carbonyl (C=O) groups excluding carboxylic acids is 2. The Morgan fingerprint density at radius 3 is 2.68 bits per heavy atom. The van der Waals surface area contributed by atoms with Gasteiger partial charge in [-0.15, -0.1) is 6.58 Å². The van der Waals surface area contributed by atoms with Crippen LogP contribution in [0.1, 0.15) is 32.8 Å². The van der Waals surface area contributed by atoms with Crippen LogP contribution >= 0.6 is 23.8 Å². The van der Waals surface area contributed by atoms with Gasteiger partial charge in [0, 0.05) is 6.54 Å². The van der Waals surface area contributed by atoms with Crippen molar-refractivity contribution in [3.63, 3.8) is 0 Å². The zero-order valence-electron chi connectivity index (χ0n) is 16.1. The standard InChI is InChI=1S/C20H23ClN2O4S/c1-5-8-23-19(25)14(18(24)22-20(23)28)9-13-10-15(21)17(27-12(4)6-2)16(11-13)26-7-3/h5,9-12H,1,6-8H2,2-4H3,(H,22,24,28)/b14-9+/t12-/m1/s1. The first-order valence-corrected chi connectivity index (χ1v) is 9.73. The third-order valence-electron chi connectivity index (χ3n) is 4.03. The summed E-state index contributed by atoms with van der Waals surface area (Å²) in [5.41, 5.74) is 0.486. The monoisotopic (exact) mass is 422 g/mol. The highest BCUT2D eigenvalue weighted by Gasteiger charge is 2.32. The first-order valence-electron chi connectivity index (χ1n) is 8.95. The van der Waals surface area contributed by atoms with Gasteiger partial charge in [0.1, 0.15) is 5.57 Å². The van der Waals surface area contributed by atoms with Crippen LogP contribution in [0.5, 0.6) is 11.5 Å². The third kappa shape index (κ3) is 4.91. The van der Waals surface area contributed by atoms with E-state index in [2.05, 4.69) is 11.9 Å². The molecule has 0 spiro atoms. The van der Waals surface area contributed by atoms with Gasteiger partial charge in [0.2, 0.25) is 0 Å². The van der Waals surface area contributed by atoms with Crippen LogP contribution in [0.25, 0.3) is 6.08 Å². The van der Waals surface area contributed by atoms with Crippen LogP contribution < -0.4 is 14.8 Å². The van der Waals surface area contributed by atoms with Crippen molar-refractivity contribution in [3.8, 4) is 11.5 Å². The van der Waals surface area contributed by atoms with Gasteiger partial charge in [-0.1, -0.05) is 24.6 Å². The Hall–Kier alpha value is -2.38. The summed E-state index contributed by atoms with van der Waals surface area (Å²) >= 11 is 11.4. The highest BCUT2D eigenvalue weighted by molar-refractivity contribution is 7.80. The molecule has 1 aromatic rings. The van der Waals surface area contributed by atoms with Crippen LogP contribution in [0.15, 0.2) is 30.4 Å². The highest BCUT2D eigenvalue weighted by Crippen LogP contribution is 2.38. The average Bonchev–Trinajstić information content (AvgIpc) is 2.65. The molecule has 1 aromatic carbocycles. The Kier molecular flexibility index (Phi) is 7.60. The van der Waals surface area contributed by atoms with Gasteiger partial charge < -0.3 is 9.47 Å². The van der Waals surface area contributed by atoms with E-state index >= 15 is 0 Å². The zero-order chi connectivity index (χ0) is 20.8. The summed E-state index contributed by atoms with van der Waals surface area (Å²) < 4.78 is 11.5. The lowest BCUT2D eigenvalue weighted by Crippen LogP contribution is -2.53. The van der Waals surface area contributed by atoms with Crippen molar-refractivity contribution in [2.75, 3.05) is 13.2 Å². The van der Waals surface area contributed by atoms with E-state index in [1.165, 1.54) is 17.1 Å². The number of amides is 2. The molecule has 8 heteroatoms. The number of thiocarbonyl (C=S) groups is 1. The first-order chi connectivity index (χ1) is 13.3. The van der Waals surface area contributed by atoms with Gasteiger partial charge in [0.05, 0.1) is 17.7 Å². The third-order valence-corrected chi connectivity index (χ3v) is 4.64. The molecular weight excluding hydrogens is 400 g/mol. The quantitative estimate of drug-likeness (QED) is 0.299. The van der Waals surface area contributed by atoms with Crippen LogP contribution in [-0.2, 0) is 9.59 Å². The van der Waals surface area contributed by atoms with Gasteiger partial charge >= 0.3 is 0 Å². The number of ether oxygens (including phenoxy) is 2. The van der Waals surface area contributed by atoms with Gasteiger partial charge in [-0.2, -0.15) is 0 Å². The minimum atomic E-state index is -0.565. The van der Waals surface area contributed by atoms with E-state index in [0.29, 0.717) is 28.7 Å². The number of hydrogen-bond donors (Lipinski definition) is 1. The summed E-state index contributed by atoms with van der Waals surface area (Å²) in [6.07, 6.45) is 3.75. The largest absolute Gasteiger partial charge is 0.490 e. The highest BCUT2D eigenvalue weighted by atomic mass is 35.5. The lowest BCUT2D eigenvalue weighted by Gasteiger charge is -2.27. The fourth-order valence-corrected chi connectivity index (χ4v) is 3.00. The van der Waals surface area contributed by atoms with Gasteiger partial charge in [-0.05, 0) is 56.3 Å². The number of benzene rings is 1. The fraction of sp³-hybridized carbons (Fsp3) is 0.350. The van der Waals surface area contributed by atoms with Crippen molar-refractivity contribution in [3.05, 3.63) is 40.9 Å². The molecule has 1 heterocycles. The van der Waals surface area contributed by atoms with Crippen LogP contribution in [0, 0.1) is 0 Å². The van der Waals surface area contributed by atoms with E-state index in [1.807, 2.05) is 20.8 Å². The zero-order valence-corrected chi connectivity index (χ0v) is 17.7. The molecule has 0 saturated carbocycles. The normalized spacial score (nSPS) is 16.8. The van der Waals surface area contributed by atoms with Crippen molar-refractivity contribution in [2.24, 2.45) is 0 Å². The second kappa shape index (κ2) is 9.71. The van der Waals surface area contributed by atoms with Crippen LogP contribution in [0.4, 0.5) is 0 Å². The molecule has 1 fully saturated rings.